The number of hydrogen-bond donors (Lipinski definition) is 3. The Balaban J connectivity index is 1.15. The third kappa shape index (κ3) is 4.50. The average Bonchev–Trinajstić information content (AvgIpc) is 3.25. The maximum Gasteiger partial charge on any atom is 0.201 e. The lowest BCUT2D eigenvalue weighted by molar-refractivity contribution is 0.174. The first-order valence-electron chi connectivity index (χ1n) is 11.8. The Morgan fingerprint density at radius 3 is 2.75 bits per heavy atom. The summed E-state index contributed by atoms with van der Waals surface area (Å²) in [6.07, 6.45) is 2.68. The van der Waals surface area contributed by atoms with Gasteiger partial charge in [0.1, 0.15) is 0 Å². The molecule has 2 heterocycles. The van der Waals surface area contributed by atoms with Crippen LogP contribution in [0.4, 0.5) is 5.95 Å². The van der Waals surface area contributed by atoms with Gasteiger partial charge >= 0.3 is 0 Å². The average molecular weight is 429 g/mol. The van der Waals surface area contributed by atoms with Crippen molar-refractivity contribution in [3.05, 3.63) is 71.8 Å². The van der Waals surface area contributed by atoms with Gasteiger partial charge in [0.15, 0.2) is 0 Å². The van der Waals surface area contributed by atoms with E-state index in [1.165, 1.54) is 29.2 Å². The van der Waals surface area contributed by atoms with Gasteiger partial charge in [0.05, 0.1) is 17.1 Å². The number of aromatic nitrogens is 2. The molecule has 1 aromatic heterocycles. The highest BCUT2D eigenvalue weighted by Gasteiger charge is 2.20. The lowest BCUT2D eigenvalue weighted by atomic mass is 9.96. The van der Waals surface area contributed by atoms with E-state index in [0.29, 0.717) is 12.3 Å². The summed E-state index contributed by atoms with van der Waals surface area (Å²) in [6.45, 7) is 6.21. The van der Waals surface area contributed by atoms with Gasteiger partial charge in [-0.2, -0.15) is 0 Å². The smallest absolute Gasteiger partial charge is 0.201 e. The van der Waals surface area contributed by atoms with Crippen molar-refractivity contribution in [1.29, 1.82) is 0 Å². The van der Waals surface area contributed by atoms with Crippen LogP contribution in [-0.4, -0.2) is 39.6 Å². The molecular formula is C27H32N4O. The van der Waals surface area contributed by atoms with E-state index in [2.05, 4.69) is 62.6 Å². The minimum absolute atomic E-state index is 0.424. The van der Waals surface area contributed by atoms with Crippen molar-refractivity contribution in [3.8, 4) is 0 Å². The molecule has 32 heavy (non-hydrogen) atoms. The van der Waals surface area contributed by atoms with Gasteiger partial charge in [0.25, 0.3) is 0 Å². The van der Waals surface area contributed by atoms with E-state index in [-0.39, 0.29) is 0 Å². The summed E-state index contributed by atoms with van der Waals surface area (Å²) in [4.78, 5) is 10.6. The van der Waals surface area contributed by atoms with Crippen LogP contribution in [0.1, 0.15) is 43.4 Å². The third-order valence-corrected chi connectivity index (χ3v) is 6.82. The molecule has 1 saturated heterocycles. The quantitative estimate of drug-likeness (QED) is 0.364. The van der Waals surface area contributed by atoms with Gasteiger partial charge in [0.2, 0.25) is 5.95 Å². The Morgan fingerprint density at radius 1 is 1.09 bits per heavy atom. The number of anilines is 1. The molecule has 1 atom stereocenters. The van der Waals surface area contributed by atoms with Gasteiger partial charge in [-0.25, -0.2) is 4.98 Å². The zero-order valence-electron chi connectivity index (χ0n) is 18.7. The van der Waals surface area contributed by atoms with Crippen LogP contribution in [0.3, 0.4) is 0 Å². The van der Waals surface area contributed by atoms with Crippen LogP contribution in [0.5, 0.6) is 0 Å². The second-order valence-corrected chi connectivity index (χ2v) is 9.02. The first-order valence-corrected chi connectivity index (χ1v) is 11.8. The van der Waals surface area contributed by atoms with Gasteiger partial charge in [-0.05, 0) is 72.3 Å². The molecule has 5 heteroatoms. The zero-order valence-corrected chi connectivity index (χ0v) is 18.7. The number of aliphatic hydroxyl groups excluding tert-OH is 1. The predicted molar refractivity (Wildman–Crippen MR) is 132 cm³/mol. The van der Waals surface area contributed by atoms with Crippen LogP contribution in [0, 0.1) is 5.92 Å². The Kier molecular flexibility index (Phi) is 6.10. The number of H-pyrrole nitrogens is 1. The maximum absolute atomic E-state index is 10.1. The van der Waals surface area contributed by atoms with E-state index in [1.54, 1.807) is 0 Å². The molecule has 0 saturated carbocycles. The highest BCUT2D eigenvalue weighted by atomic mass is 16.3. The van der Waals surface area contributed by atoms with Crippen LogP contribution in [0.2, 0.25) is 0 Å². The van der Waals surface area contributed by atoms with E-state index < -0.39 is 6.10 Å². The van der Waals surface area contributed by atoms with Crippen LogP contribution in [-0.2, 0) is 6.54 Å². The molecule has 1 aliphatic rings. The predicted octanol–water partition coefficient (Wildman–Crippen LogP) is 5.48. The van der Waals surface area contributed by atoms with Crippen molar-refractivity contribution >= 4 is 27.8 Å². The molecule has 5 nitrogen and oxygen atoms in total. The summed E-state index contributed by atoms with van der Waals surface area (Å²) in [5.74, 6) is 1.48. The molecule has 5 rings (SSSR count). The molecule has 0 amide bonds. The van der Waals surface area contributed by atoms with Crippen LogP contribution >= 0.6 is 0 Å². The number of piperidine rings is 1. The van der Waals surface area contributed by atoms with E-state index in [9.17, 15) is 5.11 Å². The molecule has 4 aromatic rings. The maximum atomic E-state index is 10.1. The molecule has 0 radical (unpaired) electrons. The second kappa shape index (κ2) is 9.31. The Morgan fingerprint density at radius 2 is 1.91 bits per heavy atom. The number of nitrogens with zero attached hydrogens (tertiary/aromatic N) is 2. The van der Waals surface area contributed by atoms with E-state index in [4.69, 9.17) is 0 Å². The van der Waals surface area contributed by atoms with Crippen molar-refractivity contribution in [2.75, 3.05) is 25.0 Å². The highest BCUT2D eigenvalue weighted by molar-refractivity contribution is 5.85. The molecule has 166 valence electrons. The monoisotopic (exact) mass is 428 g/mol. The molecule has 1 aliphatic heterocycles. The third-order valence-electron chi connectivity index (χ3n) is 6.82. The number of aliphatic hydroxyl groups is 1. The minimum atomic E-state index is -0.424. The van der Waals surface area contributed by atoms with Crippen molar-refractivity contribution in [2.45, 2.75) is 38.8 Å². The van der Waals surface area contributed by atoms with Crippen molar-refractivity contribution in [3.63, 3.8) is 0 Å². The molecule has 0 spiro atoms. The summed E-state index contributed by atoms with van der Waals surface area (Å²) in [7, 11) is 0. The number of nitrogens with one attached hydrogen (secondary N) is 2. The van der Waals surface area contributed by atoms with E-state index in [1.807, 2.05) is 25.1 Å². The van der Waals surface area contributed by atoms with Crippen LogP contribution in [0.15, 0.2) is 60.7 Å². The zero-order chi connectivity index (χ0) is 21.9. The van der Waals surface area contributed by atoms with Gasteiger partial charge in [0, 0.05) is 13.1 Å². The molecule has 1 fully saturated rings. The summed E-state index contributed by atoms with van der Waals surface area (Å²) in [5, 5.41) is 16.3. The van der Waals surface area contributed by atoms with Gasteiger partial charge in [-0.1, -0.05) is 55.5 Å². The number of rotatable bonds is 7. The minimum Gasteiger partial charge on any atom is -0.388 e. The number of aromatic amines is 1. The molecule has 0 bridgehead atoms. The van der Waals surface area contributed by atoms with Crippen molar-refractivity contribution in [2.24, 2.45) is 5.92 Å². The van der Waals surface area contributed by atoms with Gasteiger partial charge in [-0.3, -0.25) is 4.90 Å². The number of benzene rings is 3. The van der Waals surface area contributed by atoms with Crippen molar-refractivity contribution < 1.29 is 5.11 Å². The molecule has 3 aromatic carbocycles. The molecule has 0 aliphatic carbocycles. The number of hydrogen-bond acceptors (Lipinski definition) is 4. The first kappa shape index (κ1) is 21.0. The van der Waals surface area contributed by atoms with E-state index >= 15 is 0 Å². The number of likely N-dealkylation sites (tertiary alicyclic amines) is 1. The van der Waals surface area contributed by atoms with Crippen molar-refractivity contribution in [1.82, 2.24) is 14.9 Å². The topological polar surface area (TPSA) is 64.2 Å². The number of imidazole rings is 1. The number of fused-ring (bicyclic) bond motifs is 2. The largest absolute Gasteiger partial charge is 0.388 e. The standard InChI is InChI=1S/C27H32N4O/c1-2-26(32)21-10-11-24-25(16-21)30-27(29-24)28-17-19-12-14-31(15-13-19)18-22-8-5-7-20-6-3-4-9-23(20)22/h3-11,16,19,26,32H,2,12-15,17-18H2,1H3,(H2,28,29,30). The summed E-state index contributed by atoms with van der Waals surface area (Å²) < 4.78 is 0. The van der Waals surface area contributed by atoms with E-state index in [0.717, 1.165) is 48.7 Å². The molecule has 3 N–H and O–H groups in total. The van der Waals surface area contributed by atoms with Crippen LogP contribution in [0.25, 0.3) is 21.8 Å². The highest BCUT2D eigenvalue weighted by Crippen LogP contribution is 2.25. The summed E-state index contributed by atoms with van der Waals surface area (Å²) in [5.41, 5.74) is 4.26. The van der Waals surface area contributed by atoms with Gasteiger partial charge in [-0.15, -0.1) is 0 Å². The summed E-state index contributed by atoms with van der Waals surface area (Å²) in [6, 6.07) is 21.3. The fraction of sp³-hybridized carbons (Fsp3) is 0.370. The Labute approximate surface area is 189 Å². The lowest BCUT2D eigenvalue weighted by Crippen LogP contribution is -2.35. The van der Waals surface area contributed by atoms with Gasteiger partial charge < -0.3 is 15.4 Å². The second-order valence-electron chi connectivity index (χ2n) is 9.02. The first-order chi connectivity index (χ1) is 15.7. The fourth-order valence-corrected chi connectivity index (χ4v) is 4.81. The Hall–Kier alpha value is -2.89. The Bertz CT molecular complexity index is 1190. The fourth-order valence-electron chi connectivity index (χ4n) is 4.81. The lowest BCUT2D eigenvalue weighted by Gasteiger charge is -2.32. The normalized spacial score (nSPS) is 16.6. The molecular weight excluding hydrogens is 396 g/mol. The SMILES string of the molecule is CCC(O)c1ccc2[nH]c(NCC3CCN(Cc4cccc5ccccc45)CC3)nc2c1. The summed E-state index contributed by atoms with van der Waals surface area (Å²) >= 11 is 0. The molecule has 1 unspecified atom stereocenters. The van der Waals surface area contributed by atoms with Crippen LogP contribution < -0.4 is 5.32 Å².